The Morgan fingerprint density at radius 1 is 1.22 bits per heavy atom. The van der Waals surface area contributed by atoms with E-state index in [2.05, 4.69) is 10.1 Å². The van der Waals surface area contributed by atoms with Crippen molar-refractivity contribution in [3.63, 3.8) is 0 Å². The molecule has 0 spiro atoms. The third-order valence-corrected chi connectivity index (χ3v) is 3.58. The van der Waals surface area contributed by atoms with Gasteiger partial charge in [0.2, 0.25) is 0 Å². The lowest BCUT2D eigenvalue weighted by Gasteiger charge is -2.11. The summed E-state index contributed by atoms with van der Waals surface area (Å²) in [5, 5.41) is 1.62. The van der Waals surface area contributed by atoms with Gasteiger partial charge in [0.25, 0.3) is 0 Å². The number of carbonyl (C=O) groups is 1. The molecule has 0 saturated carbocycles. The van der Waals surface area contributed by atoms with E-state index in [1.807, 2.05) is 0 Å². The van der Waals surface area contributed by atoms with Crippen molar-refractivity contribution >= 4 is 29.5 Å². The van der Waals surface area contributed by atoms with E-state index in [1.165, 1.54) is 6.07 Å². The molecule has 0 bridgehead atoms. The highest BCUT2D eigenvalue weighted by molar-refractivity contribution is 7.99. The number of halogens is 7. The molecule has 0 aromatic heterocycles. The number of rotatable bonds is 5. The number of ether oxygens (including phenoxy) is 1. The number of alkyl halides is 6. The molecule has 0 aliphatic rings. The van der Waals surface area contributed by atoms with Crippen molar-refractivity contribution in [2.75, 3.05) is 18.9 Å². The number of carbonyl (C=O) groups excluding carboxylic acids is 1. The first kappa shape index (κ1) is 19.8. The first-order valence-corrected chi connectivity index (χ1v) is 7.32. The minimum Gasteiger partial charge on any atom is -0.440 e. The molecule has 0 fully saturated rings. The van der Waals surface area contributed by atoms with Gasteiger partial charge in [-0.25, -0.2) is 4.79 Å². The molecule has 1 amide bonds. The minimum atomic E-state index is -4.62. The number of thioether (sulfide) groups is 1. The van der Waals surface area contributed by atoms with Gasteiger partial charge in [0.15, 0.2) is 6.61 Å². The highest BCUT2D eigenvalue weighted by Crippen LogP contribution is 2.36. The number of alkyl carbamates (subject to hydrolysis) is 1. The van der Waals surface area contributed by atoms with Crippen LogP contribution in [0.15, 0.2) is 23.1 Å². The lowest BCUT2D eigenvalue weighted by atomic mass is 10.2. The Hall–Kier alpha value is -1.29. The summed E-state index contributed by atoms with van der Waals surface area (Å²) in [7, 11) is 0. The van der Waals surface area contributed by atoms with Gasteiger partial charge in [-0.05, 0) is 18.2 Å². The summed E-state index contributed by atoms with van der Waals surface area (Å²) in [5.41, 5.74) is -0.985. The Kier molecular flexibility index (Phi) is 6.87. The van der Waals surface area contributed by atoms with Crippen LogP contribution in [0.1, 0.15) is 5.56 Å². The molecular formula is C12H10ClF6NO2S. The summed E-state index contributed by atoms with van der Waals surface area (Å²) >= 11 is 6.43. The second kappa shape index (κ2) is 8.00. The molecular weight excluding hydrogens is 372 g/mol. The SMILES string of the molecule is O=C(NCCSc1ccc(Cl)c(C(F)(F)F)c1)OCC(F)(F)F. The second-order valence-electron chi connectivity index (χ2n) is 4.11. The van der Waals surface area contributed by atoms with Crippen molar-refractivity contribution in [2.45, 2.75) is 17.2 Å². The summed E-state index contributed by atoms with van der Waals surface area (Å²) in [6.07, 6.45) is -10.5. The zero-order chi connectivity index (χ0) is 17.7. The van der Waals surface area contributed by atoms with Crippen LogP contribution < -0.4 is 5.32 Å². The second-order valence-corrected chi connectivity index (χ2v) is 5.68. The molecule has 0 aliphatic heterocycles. The van der Waals surface area contributed by atoms with Crippen molar-refractivity contribution in [3.05, 3.63) is 28.8 Å². The summed E-state index contributed by atoms with van der Waals surface area (Å²) in [5.74, 6) is 0.139. The van der Waals surface area contributed by atoms with Crippen molar-refractivity contribution < 1.29 is 35.9 Å². The quantitative estimate of drug-likeness (QED) is 0.455. The number of amides is 1. The van der Waals surface area contributed by atoms with Crippen LogP contribution in [0.5, 0.6) is 0 Å². The molecule has 0 heterocycles. The molecule has 1 rings (SSSR count). The van der Waals surface area contributed by atoms with Gasteiger partial charge >= 0.3 is 18.4 Å². The van der Waals surface area contributed by atoms with E-state index in [1.54, 1.807) is 0 Å². The van der Waals surface area contributed by atoms with Crippen LogP contribution in [0, 0.1) is 0 Å². The normalized spacial score (nSPS) is 12.1. The lowest BCUT2D eigenvalue weighted by molar-refractivity contribution is -0.160. The van der Waals surface area contributed by atoms with Crippen molar-refractivity contribution in [2.24, 2.45) is 0 Å². The van der Waals surface area contributed by atoms with Crippen LogP contribution in [0.25, 0.3) is 0 Å². The first-order chi connectivity index (χ1) is 10.5. The van der Waals surface area contributed by atoms with E-state index < -0.39 is 35.6 Å². The topological polar surface area (TPSA) is 38.3 Å². The zero-order valence-corrected chi connectivity index (χ0v) is 12.8. The van der Waals surface area contributed by atoms with E-state index >= 15 is 0 Å². The fraction of sp³-hybridized carbons (Fsp3) is 0.417. The molecule has 0 saturated heterocycles. The molecule has 1 aromatic carbocycles. The smallest absolute Gasteiger partial charge is 0.422 e. The van der Waals surface area contributed by atoms with Crippen LogP contribution in [-0.2, 0) is 10.9 Å². The highest BCUT2D eigenvalue weighted by Gasteiger charge is 2.33. The monoisotopic (exact) mass is 381 g/mol. The molecule has 0 radical (unpaired) electrons. The summed E-state index contributed by atoms with van der Waals surface area (Å²) < 4.78 is 77.2. The maximum atomic E-state index is 12.6. The number of hydrogen-bond acceptors (Lipinski definition) is 3. The maximum Gasteiger partial charge on any atom is 0.422 e. The van der Waals surface area contributed by atoms with Gasteiger partial charge in [0, 0.05) is 17.2 Å². The maximum absolute atomic E-state index is 12.6. The molecule has 0 unspecified atom stereocenters. The summed E-state index contributed by atoms with van der Waals surface area (Å²) in [6.45, 7) is -1.79. The third kappa shape index (κ3) is 7.69. The van der Waals surface area contributed by atoms with Gasteiger partial charge in [0.1, 0.15) is 0 Å². The van der Waals surface area contributed by atoms with Crippen molar-refractivity contribution in [1.29, 1.82) is 0 Å². The van der Waals surface area contributed by atoms with Crippen LogP contribution in [0.3, 0.4) is 0 Å². The average molecular weight is 382 g/mol. The Morgan fingerprint density at radius 3 is 2.43 bits per heavy atom. The van der Waals surface area contributed by atoms with Crippen molar-refractivity contribution in [3.8, 4) is 0 Å². The Labute approximate surface area is 136 Å². The van der Waals surface area contributed by atoms with E-state index in [9.17, 15) is 31.1 Å². The molecule has 3 nitrogen and oxygen atoms in total. The van der Waals surface area contributed by atoms with Crippen LogP contribution in [0.4, 0.5) is 31.1 Å². The van der Waals surface area contributed by atoms with Crippen LogP contribution in [-0.4, -0.2) is 31.2 Å². The van der Waals surface area contributed by atoms with E-state index in [-0.39, 0.29) is 17.2 Å². The third-order valence-electron chi connectivity index (χ3n) is 2.25. The molecule has 130 valence electrons. The fourth-order valence-electron chi connectivity index (χ4n) is 1.33. The zero-order valence-electron chi connectivity index (χ0n) is 11.2. The largest absolute Gasteiger partial charge is 0.440 e. The van der Waals surface area contributed by atoms with Gasteiger partial charge in [-0.2, -0.15) is 26.3 Å². The molecule has 0 atom stereocenters. The van der Waals surface area contributed by atoms with Gasteiger partial charge < -0.3 is 10.1 Å². The number of nitrogens with one attached hydrogen (secondary N) is 1. The van der Waals surface area contributed by atoms with E-state index in [0.717, 1.165) is 23.9 Å². The average Bonchev–Trinajstić information content (AvgIpc) is 2.41. The molecule has 1 N–H and O–H groups in total. The van der Waals surface area contributed by atoms with Crippen LogP contribution in [0.2, 0.25) is 5.02 Å². The molecule has 11 heteroatoms. The highest BCUT2D eigenvalue weighted by atomic mass is 35.5. The van der Waals surface area contributed by atoms with Crippen molar-refractivity contribution in [1.82, 2.24) is 5.32 Å². The summed E-state index contributed by atoms with van der Waals surface area (Å²) in [4.78, 5) is 11.2. The fourth-order valence-corrected chi connectivity index (χ4v) is 2.36. The molecule has 1 aromatic rings. The number of hydrogen-bond donors (Lipinski definition) is 1. The van der Waals surface area contributed by atoms with Crippen LogP contribution >= 0.6 is 23.4 Å². The first-order valence-electron chi connectivity index (χ1n) is 5.96. The van der Waals surface area contributed by atoms with E-state index in [0.29, 0.717) is 0 Å². The minimum absolute atomic E-state index is 0.0780. The summed E-state index contributed by atoms with van der Waals surface area (Å²) in [6, 6.07) is 3.32. The predicted octanol–water partition coefficient (Wildman–Crippen LogP) is 4.74. The predicted molar refractivity (Wildman–Crippen MR) is 72.6 cm³/mol. The number of benzene rings is 1. The molecule has 0 aliphatic carbocycles. The van der Waals surface area contributed by atoms with E-state index in [4.69, 9.17) is 11.6 Å². The van der Waals surface area contributed by atoms with Gasteiger partial charge in [-0.15, -0.1) is 11.8 Å². The Morgan fingerprint density at radius 2 is 1.87 bits per heavy atom. The Balaban J connectivity index is 2.41. The van der Waals surface area contributed by atoms with Gasteiger partial charge in [-0.1, -0.05) is 11.6 Å². The van der Waals surface area contributed by atoms with Gasteiger partial charge in [0.05, 0.1) is 10.6 Å². The Bertz CT molecular complexity index is 549. The van der Waals surface area contributed by atoms with Gasteiger partial charge in [-0.3, -0.25) is 0 Å². The molecule has 23 heavy (non-hydrogen) atoms. The lowest BCUT2D eigenvalue weighted by Crippen LogP contribution is -2.30. The standard InChI is InChI=1S/C12H10ClF6NO2S/c13-9-2-1-7(5-8(9)12(17,18)19)23-4-3-20-10(21)22-6-11(14,15)16/h1-2,5H,3-4,6H2,(H,20,21).